The van der Waals surface area contributed by atoms with E-state index in [0.717, 1.165) is 16.6 Å². The van der Waals surface area contributed by atoms with Crippen LogP contribution in [0.3, 0.4) is 0 Å². The average Bonchev–Trinajstić information content (AvgIpc) is 2.18. The van der Waals surface area contributed by atoms with E-state index in [9.17, 15) is 4.79 Å². The second kappa shape index (κ2) is 6.94. The van der Waals surface area contributed by atoms with Crippen molar-refractivity contribution in [3.05, 3.63) is 29.8 Å². The molecule has 5 heteroatoms. The maximum atomic E-state index is 11.5. The first-order valence-corrected chi connectivity index (χ1v) is 5.57. The Morgan fingerprint density at radius 2 is 1.78 bits per heavy atom. The molecule has 0 spiro atoms. The Labute approximate surface area is 126 Å². The molecule has 0 N–H and O–H groups in total. The van der Waals surface area contributed by atoms with Crippen molar-refractivity contribution >= 4 is 6.09 Å². The highest BCUT2D eigenvalue weighted by molar-refractivity contribution is 5.70. The number of carbonyl (C=O) groups is 1. The minimum atomic E-state index is -0.348. The molecule has 102 valence electrons. The van der Waals surface area contributed by atoms with Gasteiger partial charge in [0.15, 0.2) is 0 Å². The predicted octanol–water partition coefficient (Wildman–Crippen LogP) is -1.04. The number of quaternary nitrogens is 1. The van der Waals surface area contributed by atoms with Crippen LogP contribution in [0.25, 0.3) is 0 Å². The molecular weight excluding hydrogens is 343 g/mol. The SMILES string of the molecule is CN(C)C(=O)Oc1ccccc1C[N+](C)(C)C.[I-]. The van der Waals surface area contributed by atoms with Crippen molar-refractivity contribution in [3.63, 3.8) is 0 Å². The zero-order valence-corrected chi connectivity index (χ0v) is 13.8. The molecule has 18 heavy (non-hydrogen) atoms. The number of hydrogen-bond donors (Lipinski definition) is 0. The van der Waals surface area contributed by atoms with E-state index in [1.165, 1.54) is 4.90 Å². The van der Waals surface area contributed by atoms with E-state index in [2.05, 4.69) is 21.1 Å². The lowest BCUT2D eigenvalue weighted by Crippen LogP contribution is -3.00. The molecule has 4 nitrogen and oxygen atoms in total. The number of ether oxygens (including phenoxy) is 1. The summed E-state index contributed by atoms with van der Waals surface area (Å²) in [5.74, 6) is 0.638. The fraction of sp³-hybridized carbons (Fsp3) is 0.462. The molecule has 0 saturated heterocycles. The molecule has 0 bridgehead atoms. The van der Waals surface area contributed by atoms with Crippen LogP contribution < -0.4 is 28.7 Å². The van der Waals surface area contributed by atoms with Crippen molar-refractivity contribution in [2.24, 2.45) is 0 Å². The van der Waals surface area contributed by atoms with E-state index in [4.69, 9.17) is 4.74 Å². The third-order valence-electron chi connectivity index (χ3n) is 2.18. The van der Waals surface area contributed by atoms with Gasteiger partial charge in [-0.15, -0.1) is 0 Å². The molecule has 1 aromatic carbocycles. The van der Waals surface area contributed by atoms with Crippen LogP contribution in [-0.2, 0) is 6.54 Å². The summed E-state index contributed by atoms with van der Waals surface area (Å²) in [5, 5.41) is 0. The summed E-state index contributed by atoms with van der Waals surface area (Å²) in [7, 11) is 9.65. The molecule has 0 heterocycles. The van der Waals surface area contributed by atoms with Crippen LogP contribution in [0.1, 0.15) is 5.56 Å². The molecule has 0 unspecified atom stereocenters. The second-order valence-electron chi connectivity index (χ2n) is 5.32. The smallest absolute Gasteiger partial charge is 0.414 e. The van der Waals surface area contributed by atoms with E-state index in [-0.39, 0.29) is 30.1 Å². The number of para-hydroxylation sites is 1. The Bertz CT molecular complexity index is 400. The van der Waals surface area contributed by atoms with Crippen LogP contribution in [0.2, 0.25) is 0 Å². The molecule has 0 fully saturated rings. The lowest BCUT2D eigenvalue weighted by molar-refractivity contribution is -0.884. The summed E-state index contributed by atoms with van der Waals surface area (Å²) in [5.41, 5.74) is 1.04. The van der Waals surface area contributed by atoms with Crippen LogP contribution in [0.5, 0.6) is 5.75 Å². The van der Waals surface area contributed by atoms with E-state index in [0.29, 0.717) is 5.75 Å². The number of carbonyl (C=O) groups excluding carboxylic acids is 1. The molecule has 0 radical (unpaired) electrons. The standard InChI is InChI=1S/C13H21N2O2.HI/c1-14(2)13(16)17-12-9-7-6-8-11(12)10-15(3,4)5;/h6-9H,10H2,1-5H3;1H/q+1;/p-1. The summed E-state index contributed by atoms with van der Waals surface area (Å²) in [6.45, 7) is 0.816. The molecular formula is C13H21IN2O2. The average molecular weight is 364 g/mol. The van der Waals surface area contributed by atoms with Crippen LogP contribution in [0.4, 0.5) is 4.79 Å². The molecule has 1 rings (SSSR count). The van der Waals surface area contributed by atoms with Gasteiger partial charge in [0.1, 0.15) is 12.3 Å². The van der Waals surface area contributed by atoms with Gasteiger partial charge in [0, 0.05) is 19.7 Å². The van der Waals surface area contributed by atoms with Crippen molar-refractivity contribution in [1.29, 1.82) is 0 Å². The number of nitrogens with zero attached hydrogens (tertiary/aromatic N) is 2. The Hall–Kier alpha value is -0.820. The fourth-order valence-corrected chi connectivity index (χ4v) is 1.43. The molecule has 1 aromatic rings. The van der Waals surface area contributed by atoms with Crippen LogP contribution in [0, 0.1) is 0 Å². The van der Waals surface area contributed by atoms with Crippen LogP contribution in [0.15, 0.2) is 24.3 Å². The zero-order chi connectivity index (χ0) is 13.1. The van der Waals surface area contributed by atoms with Gasteiger partial charge in [-0.3, -0.25) is 0 Å². The monoisotopic (exact) mass is 364 g/mol. The number of rotatable bonds is 3. The normalized spacial score (nSPS) is 10.5. The summed E-state index contributed by atoms with van der Waals surface area (Å²) < 4.78 is 6.12. The van der Waals surface area contributed by atoms with E-state index < -0.39 is 0 Å². The minimum absolute atomic E-state index is 0. The van der Waals surface area contributed by atoms with Crippen molar-refractivity contribution in [1.82, 2.24) is 4.90 Å². The van der Waals surface area contributed by atoms with Gasteiger partial charge in [0.05, 0.1) is 21.1 Å². The van der Waals surface area contributed by atoms with Gasteiger partial charge in [-0.1, -0.05) is 12.1 Å². The van der Waals surface area contributed by atoms with E-state index >= 15 is 0 Å². The van der Waals surface area contributed by atoms with Crippen LogP contribution >= 0.6 is 0 Å². The van der Waals surface area contributed by atoms with Gasteiger partial charge in [0.2, 0.25) is 0 Å². The van der Waals surface area contributed by atoms with Crippen molar-refractivity contribution in [3.8, 4) is 5.75 Å². The van der Waals surface area contributed by atoms with Gasteiger partial charge in [0.25, 0.3) is 0 Å². The lowest BCUT2D eigenvalue weighted by Gasteiger charge is -2.25. The maximum absolute atomic E-state index is 11.5. The van der Waals surface area contributed by atoms with Crippen molar-refractivity contribution in [2.45, 2.75) is 6.54 Å². The van der Waals surface area contributed by atoms with E-state index in [1.54, 1.807) is 14.1 Å². The molecule has 0 aliphatic carbocycles. The van der Waals surface area contributed by atoms with Crippen LogP contribution in [-0.4, -0.2) is 50.7 Å². The first kappa shape index (κ1) is 17.2. The van der Waals surface area contributed by atoms with E-state index in [1.807, 2.05) is 24.3 Å². The number of amides is 1. The summed E-state index contributed by atoms with van der Waals surface area (Å²) in [6, 6.07) is 7.64. The summed E-state index contributed by atoms with van der Waals surface area (Å²) in [4.78, 5) is 12.9. The first-order chi connectivity index (χ1) is 7.79. The second-order valence-corrected chi connectivity index (χ2v) is 5.32. The molecule has 0 saturated carbocycles. The molecule has 0 aliphatic rings. The highest BCUT2D eigenvalue weighted by Crippen LogP contribution is 2.21. The Morgan fingerprint density at radius 1 is 1.22 bits per heavy atom. The topological polar surface area (TPSA) is 29.5 Å². The highest BCUT2D eigenvalue weighted by atomic mass is 127. The van der Waals surface area contributed by atoms with Crippen molar-refractivity contribution in [2.75, 3.05) is 35.2 Å². The Kier molecular flexibility index (Phi) is 6.62. The van der Waals surface area contributed by atoms with Gasteiger partial charge < -0.3 is 38.1 Å². The van der Waals surface area contributed by atoms with Gasteiger partial charge in [-0.2, -0.15) is 0 Å². The third-order valence-corrected chi connectivity index (χ3v) is 2.18. The largest absolute Gasteiger partial charge is 1.00 e. The lowest BCUT2D eigenvalue weighted by atomic mass is 10.2. The first-order valence-electron chi connectivity index (χ1n) is 5.57. The molecule has 0 aromatic heterocycles. The number of hydrogen-bond acceptors (Lipinski definition) is 2. The minimum Gasteiger partial charge on any atom is -1.00 e. The third kappa shape index (κ3) is 5.68. The molecule has 0 aliphatic heterocycles. The maximum Gasteiger partial charge on any atom is 0.414 e. The quantitative estimate of drug-likeness (QED) is 0.507. The van der Waals surface area contributed by atoms with Gasteiger partial charge in [-0.05, 0) is 12.1 Å². The highest BCUT2D eigenvalue weighted by Gasteiger charge is 2.15. The number of benzene rings is 1. The Morgan fingerprint density at radius 3 is 2.28 bits per heavy atom. The summed E-state index contributed by atoms with van der Waals surface area (Å²) >= 11 is 0. The Balaban J connectivity index is 0.00000289. The number of halogens is 1. The zero-order valence-electron chi connectivity index (χ0n) is 11.6. The predicted molar refractivity (Wildman–Crippen MR) is 67.9 cm³/mol. The fourth-order valence-electron chi connectivity index (χ4n) is 1.43. The summed E-state index contributed by atoms with van der Waals surface area (Å²) in [6.07, 6.45) is -0.348. The van der Waals surface area contributed by atoms with Gasteiger partial charge in [-0.25, -0.2) is 4.79 Å². The van der Waals surface area contributed by atoms with Crippen molar-refractivity contribution < 1.29 is 38.0 Å². The van der Waals surface area contributed by atoms with Gasteiger partial charge >= 0.3 is 6.09 Å². The molecule has 1 amide bonds. The molecule has 0 atom stereocenters.